The zero-order valence-electron chi connectivity index (χ0n) is 12.9. The van der Waals surface area contributed by atoms with E-state index in [1.165, 1.54) is 6.07 Å². The molecule has 1 amide bonds. The van der Waals surface area contributed by atoms with E-state index in [4.69, 9.17) is 21.4 Å². The lowest BCUT2D eigenvalue weighted by Crippen LogP contribution is -2.12. The molecule has 0 spiro atoms. The summed E-state index contributed by atoms with van der Waals surface area (Å²) >= 11 is 5.93. The second-order valence-electron chi connectivity index (χ2n) is 5.11. The number of aryl methyl sites for hydroxylation is 1. The predicted octanol–water partition coefficient (Wildman–Crippen LogP) is 3.23. The van der Waals surface area contributed by atoms with Crippen LogP contribution in [0.2, 0.25) is 5.02 Å². The van der Waals surface area contributed by atoms with Gasteiger partial charge in [0.2, 0.25) is 17.6 Å². The van der Waals surface area contributed by atoms with Crippen LogP contribution in [0.25, 0.3) is 11.4 Å². The summed E-state index contributed by atoms with van der Waals surface area (Å²) in [6, 6.07) is 10.3. The molecule has 1 N–H and O–H groups in total. The molecule has 0 fully saturated rings. The van der Waals surface area contributed by atoms with Gasteiger partial charge in [0.25, 0.3) is 0 Å². The zero-order chi connectivity index (χ0) is 17.6. The molecule has 0 unspecified atom stereocenters. The number of amides is 1. The van der Waals surface area contributed by atoms with E-state index in [1.807, 2.05) is 12.1 Å². The third-order valence-corrected chi connectivity index (χ3v) is 3.64. The smallest absolute Gasteiger partial charge is 0.227 e. The molecule has 25 heavy (non-hydrogen) atoms. The Morgan fingerprint density at radius 3 is 2.96 bits per heavy atom. The van der Waals surface area contributed by atoms with Crippen molar-refractivity contribution >= 4 is 23.2 Å². The lowest BCUT2D eigenvalue weighted by Gasteiger charge is -2.05. The molecule has 8 heteroatoms. The van der Waals surface area contributed by atoms with E-state index < -0.39 is 0 Å². The molecule has 0 saturated carbocycles. The molecule has 3 aromatic rings. The Morgan fingerprint density at radius 1 is 1.36 bits per heavy atom. The van der Waals surface area contributed by atoms with E-state index in [-0.39, 0.29) is 12.3 Å². The summed E-state index contributed by atoms with van der Waals surface area (Å²) in [6.07, 6.45) is 3.77. The first-order valence-corrected chi connectivity index (χ1v) is 7.76. The first-order valence-electron chi connectivity index (χ1n) is 7.38. The Hall–Kier alpha value is -3.24. The summed E-state index contributed by atoms with van der Waals surface area (Å²) < 4.78 is 5.14. The van der Waals surface area contributed by atoms with Crippen molar-refractivity contribution < 1.29 is 9.32 Å². The highest BCUT2D eigenvalue weighted by Crippen LogP contribution is 2.20. The molecule has 0 saturated heterocycles. The van der Waals surface area contributed by atoms with Crippen LogP contribution in [-0.4, -0.2) is 21.0 Å². The maximum absolute atomic E-state index is 12.0. The standard InChI is InChI=1S/C17H12ClN5O2/c18-14-8-13(4-3-11(14)9-19)21-15(24)5-6-16-22-17(23-25-16)12-2-1-7-20-10-12/h1-4,7-8,10H,5-6H2,(H,21,24). The number of nitrogens with one attached hydrogen (secondary N) is 1. The average Bonchev–Trinajstić information content (AvgIpc) is 3.10. The fourth-order valence-electron chi connectivity index (χ4n) is 2.10. The minimum atomic E-state index is -0.220. The van der Waals surface area contributed by atoms with Gasteiger partial charge in [-0.1, -0.05) is 16.8 Å². The molecule has 0 aliphatic rings. The Labute approximate surface area is 148 Å². The minimum Gasteiger partial charge on any atom is -0.339 e. The van der Waals surface area contributed by atoms with E-state index in [0.717, 1.165) is 5.56 Å². The number of nitriles is 1. The highest BCUT2D eigenvalue weighted by atomic mass is 35.5. The number of anilines is 1. The Balaban J connectivity index is 1.57. The summed E-state index contributed by atoms with van der Waals surface area (Å²) in [7, 11) is 0. The topological polar surface area (TPSA) is 105 Å². The van der Waals surface area contributed by atoms with Crippen LogP contribution >= 0.6 is 11.6 Å². The first-order chi connectivity index (χ1) is 12.2. The molecule has 124 valence electrons. The highest BCUT2D eigenvalue weighted by molar-refractivity contribution is 6.32. The van der Waals surface area contributed by atoms with Gasteiger partial charge in [0.05, 0.1) is 10.6 Å². The van der Waals surface area contributed by atoms with Crippen molar-refractivity contribution in [2.45, 2.75) is 12.8 Å². The second kappa shape index (κ2) is 7.55. The molecule has 3 rings (SSSR count). The van der Waals surface area contributed by atoms with Gasteiger partial charge in [-0.05, 0) is 30.3 Å². The fraction of sp³-hybridized carbons (Fsp3) is 0.118. The molecular formula is C17H12ClN5O2. The predicted molar refractivity (Wildman–Crippen MR) is 90.6 cm³/mol. The van der Waals surface area contributed by atoms with Crippen molar-refractivity contribution in [3.8, 4) is 17.5 Å². The third kappa shape index (κ3) is 4.19. The van der Waals surface area contributed by atoms with Crippen LogP contribution in [0.15, 0.2) is 47.2 Å². The van der Waals surface area contributed by atoms with E-state index in [0.29, 0.717) is 34.4 Å². The van der Waals surface area contributed by atoms with Crippen LogP contribution in [0.1, 0.15) is 17.9 Å². The highest BCUT2D eigenvalue weighted by Gasteiger charge is 2.11. The van der Waals surface area contributed by atoms with Crippen molar-refractivity contribution in [3.63, 3.8) is 0 Å². The lowest BCUT2D eigenvalue weighted by atomic mass is 10.2. The van der Waals surface area contributed by atoms with Gasteiger partial charge in [0, 0.05) is 36.5 Å². The van der Waals surface area contributed by atoms with Crippen molar-refractivity contribution in [3.05, 3.63) is 59.2 Å². The van der Waals surface area contributed by atoms with Crippen molar-refractivity contribution in [1.82, 2.24) is 15.1 Å². The molecule has 0 atom stereocenters. The molecule has 7 nitrogen and oxygen atoms in total. The number of pyridine rings is 1. The first kappa shape index (κ1) is 16.6. The quantitative estimate of drug-likeness (QED) is 0.755. The maximum atomic E-state index is 12.0. The molecule has 0 radical (unpaired) electrons. The van der Waals surface area contributed by atoms with Crippen LogP contribution < -0.4 is 5.32 Å². The third-order valence-electron chi connectivity index (χ3n) is 3.33. The molecule has 0 aliphatic carbocycles. The largest absolute Gasteiger partial charge is 0.339 e. The lowest BCUT2D eigenvalue weighted by molar-refractivity contribution is -0.116. The molecule has 2 aromatic heterocycles. The number of hydrogen-bond acceptors (Lipinski definition) is 6. The number of hydrogen-bond donors (Lipinski definition) is 1. The summed E-state index contributed by atoms with van der Waals surface area (Å²) in [4.78, 5) is 20.2. The van der Waals surface area contributed by atoms with E-state index in [2.05, 4.69) is 20.4 Å². The van der Waals surface area contributed by atoms with Gasteiger partial charge < -0.3 is 9.84 Å². The van der Waals surface area contributed by atoms with Crippen LogP contribution in [0, 0.1) is 11.3 Å². The van der Waals surface area contributed by atoms with Gasteiger partial charge in [-0.15, -0.1) is 0 Å². The molecule has 1 aromatic carbocycles. The van der Waals surface area contributed by atoms with Crippen LogP contribution in [0.5, 0.6) is 0 Å². The number of halogens is 1. The van der Waals surface area contributed by atoms with Crippen LogP contribution in [0.4, 0.5) is 5.69 Å². The summed E-state index contributed by atoms with van der Waals surface area (Å²) in [5, 5.41) is 15.7. The van der Waals surface area contributed by atoms with Gasteiger partial charge in [-0.3, -0.25) is 9.78 Å². The molecule has 0 aliphatic heterocycles. The second-order valence-corrected chi connectivity index (χ2v) is 5.52. The average molecular weight is 354 g/mol. The zero-order valence-corrected chi connectivity index (χ0v) is 13.7. The van der Waals surface area contributed by atoms with Crippen LogP contribution in [0.3, 0.4) is 0 Å². The normalized spacial score (nSPS) is 10.2. The van der Waals surface area contributed by atoms with Gasteiger partial charge in [-0.25, -0.2) is 0 Å². The summed E-state index contributed by atoms with van der Waals surface area (Å²) in [5.74, 6) is 0.580. The molecular weight excluding hydrogens is 342 g/mol. The van der Waals surface area contributed by atoms with Crippen molar-refractivity contribution in [2.24, 2.45) is 0 Å². The summed E-state index contributed by atoms with van der Waals surface area (Å²) in [6.45, 7) is 0. The minimum absolute atomic E-state index is 0.173. The SMILES string of the molecule is N#Cc1ccc(NC(=O)CCc2nc(-c3cccnc3)no2)cc1Cl. The Kier molecular flexibility index (Phi) is 5.02. The van der Waals surface area contributed by atoms with Crippen LogP contribution in [-0.2, 0) is 11.2 Å². The van der Waals surface area contributed by atoms with Crippen molar-refractivity contribution in [1.29, 1.82) is 5.26 Å². The monoisotopic (exact) mass is 353 g/mol. The number of benzene rings is 1. The number of aromatic nitrogens is 3. The van der Waals surface area contributed by atoms with E-state index in [1.54, 1.807) is 30.6 Å². The number of carbonyl (C=O) groups is 1. The fourth-order valence-corrected chi connectivity index (χ4v) is 2.32. The number of rotatable bonds is 5. The molecule has 0 bridgehead atoms. The van der Waals surface area contributed by atoms with Gasteiger partial charge in [0.15, 0.2) is 0 Å². The van der Waals surface area contributed by atoms with Gasteiger partial charge >= 0.3 is 0 Å². The van der Waals surface area contributed by atoms with Crippen molar-refractivity contribution in [2.75, 3.05) is 5.32 Å². The Bertz CT molecular complexity index is 934. The van der Waals surface area contributed by atoms with E-state index in [9.17, 15) is 4.79 Å². The number of nitrogens with zero attached hydrogens (tertiary/aromatic N) is 4. The maximum Gasteiger partial charge on any atom is 0.227 e. The summed E-state index contributed by atoms with van der Waals surface area (Å²) in [5.41, 5.74) is 1.62. The number of carbonyl (C=O) groups excluding carboxylic acids is 1. The van der Waals surface area contributed by atoms with Gasteiger partial charge in [0.1, 0.15) is 6.07 Å². The van der Waals surface area contributed by atoms with E-state index >= 15 is 0 Å². The molecule has 2 heterocycles. The Morgan fingerprint density at radius 2 is 2.24 bits per heavy atom. The van der Waals surface area contributed by atoms with Gasteiger partial charge in [-0.2, -0.15) is 10.2 Å².